The molecule has 0 radical (unpaired) electrons. The third-order valence-corrected chi connectivity index (χ3v) is 2.49. The second-order valence-electron chi connectivity index (χ2n) is 3.74. The van der Waals surface area contributed by atoms with Crippen molar-refractivity contribution in [3.05, 3.63) is 18.0 Å². The molecule has 0 N–H and O–H groups in total. The van der Waals surface area contributed by atoms with E-state index in [2.05, 4.69) is 18.9 Å². The molecule has 1 atom stereocenters. The van der Waals surface area contributed by atoms with Crippen LogP contribution < -0.4 is 0 Å². The molecule has 1 unspecified atom stereocenters. The predicted octanol–water partition coefficient (Wildman–Crippen LogP) is 1.89. The van der Waals surface area contributed by atoms with Crippen molar-refractivity contribution in [1.29, 1.82) is 0 Å². The van der Waals surface area contributed by atoms with Gasteiger partial charge >= 0.3 is 0 Å². The van der Waals surface area contributed by atoms with E-state index < -0.39 is 0 Å². The first kappa shape index (κ1) is 9.96. The summed E-state index contributed by atoms with van der Waals surface area (Å²) in [4.78, 5) is 11.8. The third kappa shape index (κ3) is 1.97. The standard InChI is InChI=1S/C10H16N2O/c1-7(2)8(3)10(13)9-5-6-11-12(9)4/h5-8H,1-4H3. The van der Waals surface area contributed by atoms with Crippen LogP contribution in [-0.2, 0) is 7.05 Å². The van der Waals surface area contributed by atoms with Crippen LogP contribution in [-0.4, -0.2) is 15.6 Å². The minimum atomic E-state index is 0.0652. The van der Waals surface area contributed by atoms with Crippen LogP contribution in [0.25, 0.3) is 0 Å². The molecule has 1 rings (SSSR count). The van der Waals surface area contributed by atoms with Crippen molar-refractivity contribution in [2.24, 2.45) is 18.9 Å². The summed E-state index contributed by atoms with van der Waals surface area (Å²) in [5.41, 5.74) is 0.696. The molecule has 1 aromatic heterocycles. The molecule has 0 saturated heterocycles. The molecule has 0 aromatic carbocycles. The summed E-state index contributed by atoms with van der Waals surface area (Å²) in [5.74, 6) is 0.618. The summed E-state index contributed by atoms with van der Waals surface area (Å²) in [6.07, 6.45) is 1.65. The summed E-state index contributed by atoms with van der Waals surface area (Å²) in [6.45, 7) is 6.07. The van der Waals surface area contributed by atoms with Gasteiger partial charge in [0.25, 0.3) is 0 Å². The SMILES string of the molecule is CC(C)C(C)C(=O)c1ccnn1C. The number of nitrogens with zero attached hydrogens (tertiary/aromatic N) is 2. The van der Waals surface area contributed by atoms with Crippen molar-refractivity contribution < 1.29 is 4.79 Å². The molecule has 72 valence electrons. The smallest absolute Gasteiger partial charge is 0.183 e. The second kappa shape index (κ2) is 3.73. The molecule has 0 fully saturated rings. The minimum absolute atomic E-state index is 0.0652. The summed E-state index contributed by atoms with van der Waals surface area (Å²) >= 11 is 0. The monoisotopic (exact) mass is 180 g/mol. The lowest BCUT2D eigenvalue weighted by molar-refractivity contribution is 0.0890. The van der Waals surface area contributed by atoms with Crippen LogP contribution in [0.1, 0.15) is 31.3 Å². The van der Waals surface area contributed by atoms with E-state index in [9.17, 15) is 4.79 Å². The number of rotatable bonds is 3. The van der Waals surface area contributed by atoms with Crippen LogP contribution in [0.2, 0.25) is 0 Å². The van der Waals surface area contributed by atoms with E-state index in [1.165, 1.54) is 0 Å². The highest BCUT2D eigenvalue weighted by atomic mass is 16.1. The van der Waals surface area contributed by atoms with Crippen molar-refractivity contribution in [3.63, 3.8) is 0 Å². The number of hydrogen-bond acceptors (Lipinski definition) is 2. The average molecular weight is 180 g/mol. The van der Waals surface area contributed by atoms with Gasteiger partial charge < -0.3 is 0 Å². The maximum atomic E-state index is 11.8. The minimum Gasteiger partial charge on any atom is -0.292 e. The maximum Gasteiger partial charge on any atom is 0.183 e. The molecular weight excluding hydrogens is 164 g/mol. The Balaban J connectivity index is 2.86. The van der Waals surface area contributed by atoms with E-state index in [0.29, 0.717) is 11.6 Å². The van der Waals surface area contributed by atoms with Crippen molar-refractivity contribution >= 4 is 5.78 Å². The van der Waals surface area contributed by atoms with Gasteiger partial charge in [0.15, 0.2) is 5.78 Å². The Hall–Kier alpha value is -1.12. The lowest BCUT2D eigenvalue weighted by atomic mass is 9.92. The Morgan fingerprint density at radius 2 is 2.08 bits per heavy atom. The fourth-order valence-electron chi connectivity index (χ4n) is 1.15. The highest BCUT2D eigenvalue weighted by Gasteiger charge is 2.20. The number of aromatic nitrogens is 2. The summed E-state index contributed by atoms with van der Waals surface area (Å²) < 4.78 is 1.63. The summed E-state index contributed by atoms with van der Waals surface area (Å²) in [6, 6.07) is 1.77. The van der Waals surface area contributed by atoms with Gasteiger partial charge in [-0.3, -0.25) is 9.48 Å². The molecular formula is C10H16N2O. The number of carbonyl (C=O) groups is 1. The molecule has 0 amide bonds. The van der Waals surface area contributed by atoms with Crippen molar-refractivity contribution in [2.45, 2.75) is 20.8 Å². The second-order valence-corrected chi connectivity index (χ2v) is 3.74. The zero-order valence-electron chi connectivity index (χ0n) is 8.61. The predicted molar refractivity (Wildman–Crippen MR) is 51.5 cm³/mol. The third-order valence-electron chi connectivity index (χ3n) is 2.49. The largest absolute Gasteiger partial charge is 0.292 e. The van der Waals surface area contributed by atoms with E-state index in [4.69, 9.17) is 0 Å². The number of carbonyl (C=O) groups excluding carboxylic acids is 1. The maximum absolute atomic E-state index is 11.8. The molecule has 0 bridgehead atoms. The number of ketones is 1. The highest BCUT2D eigenvalue weighted by Crippen LogP contribution is 2.15. The Morgan fingerprint density at radius 3 is 2.46 bits per heavy atom. The fourth-order valence-corrected chi connectivity index (χ4v) is 1.15. The fraction of sp³-hybridized carbons (Fsp3) is 0.600. The van der Waals surface area contributed by atoms with Gasteiger partial charge in [-0.05, 0) is 12.0 Å². The topological polar surface area (TPSA) is 34.9 Å². The molecule has 1 heterocycles. The van der Waals surface area contributed by atoms with Crippen LogP contribution in [0.5, 0.6) is 0 Å². The van der Waals surface area contributed by atoms with Gasteiger partial charge in [0.1, 0.15) is 5.69 Å². The zero-order valence-corrected chi connectivity index (χ0v) is 8.61. The van der Waals surface area contributed by atoms with E-state index >= 15 is 0 Å². The van der Waals surface area contributed by atoms with Crippen LogP contribution in [0, 0.1) is 11.8 Å². The number of hydrogen-bond donors (Lipinski definition) is 0. The van der Waals surface area contributed by atoms with Crippen molar-refractivity contribution in [1.82, 2.24) is 9.78 Å². The van der Waals surface area contributed by atoms with E-state index in [-0.39, 0.29) is 11.7 Å². The quantitative estimate of drug-likeness (QED) is 0.666. The van der Waals surface area contributed by atoms with E-state index in [1.54, 1.807) is 24.0 Å². The molecule has 0 spiro atoms. The molecule has 1 aromatic rings. The number of aryl methyl sites for hydroxylation is 1. The summed E-state index contributed by atoms with van der Waals surface area (Å²) in [5, 5.41) is 3.98. The average Bonchev–Trinajstić information content (AvgIpc) is 2.48. The van der Waals surface area contributed by atoms with Crippen molar-refractivity contribution in [2.75, 3.05) is 0 Å². The van der Waals surface area contributed by atoms with E-state index in [1.807, 2.05) is 6.92 Å². The highest BCUT2D eigenvalue weighted by molar-refractivity contribution is 5.96. The molecule has 0 aliphatic heterocycles. The van der Waals surface area contributed by atoms with Crippen LogP contribution in [0.15, 0.2) is 12.3 Å². The first-order valence-corrected chi connectivity index (χ1v) is 4.56. The first-order chi connectivity index (χ1) is 6.04. The molecule has 0 aliphatic rings. The lowest BCUT2D eigenvalue weighted by Gasteiger charge is -2.13. The van der Waals surface area contributed by atoms with Gasteiger partial charge in [0.2, 0.25) is 0 Å². The molecule has 0 saturated carbocycles. The van der Waals surface area contributed by atoms with Crippen LogP contribution >= 0.6 is 0 Å². The van der Waals surface area contributed by atoms with Gasteiger partial charge in [0, 0.05) is 19.2 Å². The molecule has 3 heteroatoms. The van der Waals surface area contributed by atoms with Crippen molar-refractivity contribution in [3.8, 4) is 0 Å². The number of Topliss-reactive ketones (excluding diaryl/α,β-unsaturated/α-hetero) is 1. The Labute approximate surface area is 78.8 Å². The lowest BCUT2D eigenvalue weighted by Crippen LogP contribution is -2.19. The Kier molecular flexibility index (Phi) is 2.86. The Morgan fingerprint density at radius 1 is 1.46 bits per heavy atom. The Bertz CT molecular complexity index is 302. The van der Waals surface area contributed by atoms with Gasteiger partial charge in [-0.25, -0.2) is 0 Å². The van der Waals surface area contributed by atoms with Crippen LogP contribution in [0.3, 0.4) is 0 Å². The molecule has 3 nitrogen and oxygen atoms in total. The van der Waals surface area contributed by atoms with E-state index in [0.717, 1.165) is 0 Å². The summed E-state index contributed by atoms with van der Waals surface area (Å²) in [7, 11) is 1.79. The van der Waals surface area contributed by atoms with Gasteiger partial charge in [-0.1, -0.05) is 20.8 Å². The van der Waals surface area contributed by atoms with Gasteiger partial charge in [-0.2, -0.15) is 5.10 Å². The molecule has 13 heavy (non-hydrogen) atoms. The first-order valence-electron chi connectivity index (χ1n) is 4.56. The van der Waals surface area contributed by atoms with Crippen LogP contribution in [0.4, 0.5) is 0 Å². The van der Waals surface area contributed by atoms with Gasteiger partial charge in [0.05, 0.1) is 0 Å². The normalized spacial score (nSPS) is 13.3. The van der Waals surface area contributed by atoms with Gasteiger partial charge in [-0.15, -0.1) is 0 Å². The zero-order chi connectivity index (χ0) is 10.0. The molecule has 0 aliphatic carbocycles.